The van der Waals surface area contributed by atoms with Crippen LogP contribution in [0.15, 0.2) is 39.9 Å². The fourth-order valence-corrected chi connectivity index (χ4v) is 7.63. The van der Waals surface area contributed by atoms with Gasteiger partial charge in [0.15, 0.2) is 0 Å². The molecule has 11 heteroatoms. The topological polar surface area (TPSA) is 116 Å². The van der Waals surface area contributed by atoms with E-state index in [1.807, 2.05) is 6.92 Å². The molecule has 0 saturated heterocycles. The Morgan fingerprint density at radius 2 is 2.00 bits per heavy atom. The zero-order valence-corrected chi connectivity index (χ0v) is 24.5. The van der Waals surface area contributed by atoms with Crippen molar-refractivity contribution in [3.8, 4) is 5.75 Å². The average molecular weight is 578 g/mol. The first-order valence-corrected chi connectivity index (χ1v) is 15.9. The third kappa shape index (κ3) is 7.00. The highest BCUT2D eigenvalue weighted by Crippen LogP contribution is 2.31. The maximum atomic E-state index is 13.4. The third-order valence-corrected chi connectivity index (χ3v) is 11.0. The zero-order valence-electron chi connectivity index (χ0n) is 22.8. The second kappa shape index (κ2) is 12.8. The number of anilines is 1. The second-order valence-corrected chi connectivity index (χ2v) is 14.0. The number of thiophene rings is 1. The fourth-order valence-electron chi connectivity index (χ4n) is 5.25. The molecule has 2 amide bonds. The predicted octanol–water partition coefficient (Wildman–Crippen LogP) is 3.74. The first kappa shape index (κ1) is 29.5. The Kier molecular flexibility index (Phi) is 9.69. The number of benzene rings is 1. The molecule has 39 heavy (non-hydrogen) atoms. The van der Waals surface area contributed by atoms with Gasteiger partial charge in [-0.05, 0) is 49.4 Å². The highest BCUT2D eigenvalue weighted by atomic mass is 32.2. The number of sulfonamides is 1. The fraction of sp³-hybridized carbons (Fsp3) is 0.571. The number of amides is 2. The van der Waals surface area contributed by atoms with Crippen LogP contribution in [-0.2, 0) is 26.0 Å². The number of carbonyl (C=O) groups excluding carboxylic acids is 2. The van der Waals surface area contributed by atoms with Gasteiger partial charge >= 0.3 is 0 Å². The molecule has 3 atom stereocenters. The van der Waals surface area contributed by atoms with E-state index >= 15 is 0 Å². The van der Waals surface area contributed by atoms with Gasteiger partial charge in [0.1, 0.15) is 16.1 Å². The molecule has 1 aliphatic heterocycles. The van der Waals surface area contributed by atoms with Crippen molar-refractivity contribution >= 4 is 38.9 Å². The van der Waals surface area contributed by atoms with Crippen LogP contribution in [0, 0.1) is 11.8 Å². The van der Waals surface area contributed by atoms with E-state index in [-0.39, 0.29) is 47.4 Å². The predicted molar refractivity (Wildman–Crippen MR) is 151 cm³/mol. The quantitative estimate of drug-likeness (QED) is 0.494. The Balaban J connectivity index is 1.62. The van der Waals surface area contributed by atoms with Gasteiger partial charge in [-0.1, -0.05) is 32.3 Å². The summed E-state index contributed by atoms with van der Waals surface area (Å²) in [7, 11) is -2.17. The Hall–Kier alpha value is -2.47. The molecule has 1 fully saturated rings. The molecular formula is C28H39N3O6S2. The molecule has 1 saturated carbocycles. The lowest BCUT2D eigenvalue weighted by atomic mass is 9.88. The number of aliphatic hydroxyl groups excluding tert-OH is 1. The van der Waals surface area contributed by atoms with Crippen LogP contribution in [0.1, 0.15) is 51.5 Å². The molecule has 214 valence electrons. The molecule has 2 aliphatic rings. The first-order valence-electron chi connectivity index (χ1n) is 13.6. The van der Waals surface area contributed by atoms with Crippen LogP contribution in [0.3, 0.4) is 0 Å². The van der Waals surface area contributed by atoms with Crippen molar-refractivity contribution in [3.05, 3.63) is 41.3 Å². The van der Waals surface area contributed by atoms with E-state index < -0.39 is 22.2 Å². The van der Waals surface area contributed by atoms with Crippen LogP contribution >= 0.6 is 11.3 Å². The van der Waals surface area contributed by atoms with Crippen LogP contribution in [0.5, 0.6) is 5.75 Å². The third-order valence-electron chi connectivity index (χ3n) is 7.76. The highest BCUT2D eigenvalue weighted by molar-refractivity contribution is 7.91. The summed E-state index contributed by atoms with van der Waals surface area (Å²) in [5, 5.41) is 14.6. The van der Waals surface area contributed by atoms with Crippen molar-refractivity contribution in [1.29, 1.82) is 0 Å². The smallest absolute Gasteiger partial charge is 0.252 e. The minimum atomic E-state index is -3.70. The van der Waals surface area contributed by atoms with E-state index in [1.165, 1.54) is 11.4 Å². The highest BCUT2D eigenvalue weighted by Gasteiger charge is 2.34. The Morgan fingerprint density at radius 1 is 1.26 bits per heavy atom. The average Bonchev–Trinajstić information content (AvgIpc) is 3.49. The van der Waals surface area contributed by atoms with Crippen LogP contribution in [-0.4, -0.2) is 73.4 Å². The molecule has 4 rings (SSSR count). The summed E-state index contributed by atoms with van der Waals surface area (Å²) in [6.45, 7) is 3.90. The summed E-state index contributed by atoms with van der Waals surface area (Å²) in [5.41, 5.74) is 1.21. The molecule has 1 aliphatic carbocycles. The van der Waals surface area contributed by atoms with Gasteiger partial charge in [-0.2, -0.15) is 4.31 Å². The number of nitrogens with one attached hydrogen (secondary N) is 1. The summed E-state index contributed by atoms with van der Waals surface area (Å²) in [6, 6.07) is 8.15. The molecular weight excluding hydrogens is 538 g/mol. The number of hydrogen-bond donors (Lipinski definition) is 2. The van der Waals surface area contributed by atoms with Crippen LogP contribution in [0.25, 0.3) is 0 Å². The molecule has 0 spiro atoms. The Morgan fingerprint density at radius 3 is 2.67 bits per heavy atom. The number of fused-ring (bicyclic) bond motifs is 1. The van der Waals surface area contributed by atoms with Crippen molar-refractivity contribution in [3.63, 3.8) is 0 Å². The lowest BCUT2D eigenvalue weighted by Gasteiger charge is -2.33. The summed E-state index contributed by atoms with van der Waals surface area (Å²) in [5.74, 6) is 0.0715. The lowest BCUT2D eigenvalue weighted by molar-refractivity contribution is -0.134. The van der Waals surface area contributed by atoms with Crippen molar-refractivity contribution in [2.45, 2.75) is 68.7 Å². The minimum absolute atomic E-state index is 0.00574. The number of ether oxygens (including phenoxy) is 1. The summed E-state index contributed by atoms with van der Waals surface area (Å²) < 4.78 is 34.3. The number of hydrogen-bond acceptors (Lipinski definition) is 7. The standard InChI is InChI=1S/C28H39N3O6S2/c1-19-16-31(20(2)18-32)26(33)15-22-14-23(29-28(34)21-8-5-4-6-9-21)11-12-24(22)37-25(19)17-30(3)39(35,36)27-10-7-13-38-27/h7,10-14,19-21,25,32H,4-6,8-9,15-18H2,1-3H3,(H,29,34)/t19-,20+,25-/m0/s1. The first-order chi connectivity index (χ1) is 18.6. The van der Waals surface area contributed by atoms with Crippen molar-refractivity contribution in [2.75, 3.05) is 32.1 Å². The Bertz CT molecular complexity index is 1240. The van der Waals surface area contributed by atoms with Crippen LogP contribution < -0.4 is 10.1 Å². The number of rotatable bonds is 8. The second-order valence-electron chi connectivity index (χ2n) is 10.8. The van der Waals surface area contributed by atoms with Gasteiger partial charge in [0.2, 0.25) is 11.8 Å². The van der Waals surface area contributed by atoms with Crippen LogP contribution in [0.2, 0.25) is 0 Å². The van der Waals surface area contributed by atoms with Gasteiger partial charge in [0.05, 0.1) is 25.6 Å². The monoisotopic (exact) mass is 577 g/mol. The van der Waals surface area contributed by atoms with Gasteiger partial charge < -0.3 is 20.1 Å². The molecule has 1 aromatic heterocycles. The summed E-state index contributed by atoms with van der Waals surface area (Å²) >= 11 is 1.16. The van der Waals surface area contributed by atoms with Crippen molar-refractivity contribution in [1.82, 2.24) is 9.21 Å². The summed E-state index contributed by atoms with van der Waals surface area (Å²) in [4.78, 5) is 27.9. The lowest BCUT2D eigenvalue weighted by Crippen LogP contribution is -2.48. The van der Waals surface area contributed by atoms with E-state index in [4.69, 9.17) is 4.74 Å². The maximum absolute atomic E-state index is 13.4. The number of likely N-dealkylation sites (N-methyl/N-ethyl adjacent to an activating group) is 1. The summed E-state index contributed by atoms with van der Waals surface area (Å²) in [6.07, 6.45) is 4.51. The SMILES string of the molecule is C[C@H](CO)N1C[C@H](C)[C@H](CN(C)S(=O)(=O)c2cccs2)Oc2ccc(NC(=O)C3CCCCC3)cc2CC1=O. The van der Waals surface area contributed by atoms with Crippen molar-refractivity contribution < 1.29 is 27.9 Å². The molecule has 2 N–H and O–H groups in total. The molecule has 1 aromatic carbocycles. The molecule has 0 radical (unpaired) electrons. The molecule has 2 heterocycles. The maximum Gasteiger partial charge on any atom is 0.252 e. The van der Waals surface area contributed by atoms with E-state index in [0.717, 1.165) is 43.4 Å². The molecule has 9 nitrogen and oxygen atoms in total. The number of aliphatic hydroxyl groups is 1. The zero-order chi connectivity index (χ0) is 28.2. The molecule has 0 bridgehead atoms. The Labute approximate surface area is 235 Å². The van der Waals surface area contributed by atoms with Gasteiger partial charge in [0.25, 0.3) is 10.0 Å². The number of nitrogens with zero attached hydrogens (tertiary/aromatic N) is 2. The molecule has 0 unspecified atom stereocenters. The van der Waals surface area contributed by atoms with Gasteiger partial charge in [-0.3, -0.25) is 9.59 Å². The van der Waals surface area contributed by atoms with Gasteiger partial charge in [0, 0.05) is 36.7 Å². The van der Waals surface area contributed by atoms with E-state index in [9.17, 15) is 23.1 Å². The van der Waals surface area contributed by atoms with E-state index in [0.29, 0.717) is 23.5 Å². The number of carbonyl (C=O) groups is 2. The van der Waals surface area contributed by atoms with Gasteiger partial charge in [-0.25, -0.2) is 8.42 Å². The minimum Gasteiger partial charge on any atom is -0.488 e. The molecule has 2 aromatic rings. The van der Waals surface area contributed by atoms with Crippen LogP contribution in [0.4, 0.5) is 5.69 Å². The normalized spacial score (nSPS) is 21.9. The van der Waals surface area contributed by atoms with E-state index in [2.05, 4.69) is 5.32 Å². The largest absolute Gasteiger partial charge is 0.488 e. The van der Waals surface area contributed by atoms with Crippen molar-refractivity contribution in [2.24, 2.45) is 11.8 Å². The van der Waals surface area contributed by atoms with E-state index in [1.54, 1.807) is 47.5 Å². The van der Waals surface area contributed by atoms with Gasteiger partial charge in [-0.15, -0.1) is 11.3 Å².